The summed E-state index contributed by atoms with van der Waals surface area (Å²) in [5, 5.41) is 14.3. The van der Waals surface area contributed by atoms with Crippen molar-refractivity contribution in [2.24, 2.45) is 57.0 Å². The predicted octanol–water partition coefficient (Wildman–Crippen LogP) is 6.27. The molecule has 0 bridgehead atoms. The van der Waals surface area contributed by atoms with Crippen molar-refractivity contribution in [2.45, 2.75) is 111 Å². The summed E-state index contributed by atoms with van der Waals surface area (Å²) in [6, 6.07) is 7.46. The summed E-state index contributed by atoms with van der Waals surface area (Å²) in [6.07, 6.45) is 13.4. The Balaban J connectivity index is 1.17. The lowest BCUT2D eigenvalue weighted by Crippen LogP contribution is -2.63. The maximum absolute atomic E-state index is 13.9. The first-order chi connectivity index (χ1) is 18.9. The fraction of sp³-hybridized carbons (Fsp3) is 0.771. The molecule has 9 atom stereocenters. The number of carbonyl (C=O) groups is 2. The van der Waals surface area contributed by atoms with E-state index in [-0.39, 0.29) is 22.8 Å². The van der Waals surface area contributed by atoms with Gasteiger partial charge in [-0.2, -0.15) is 0 Å². The minimum Gasteiger partial charge on any atom is -0.393 e. The number of nitrogens with two attached hydrogens (primary N) is 1. The third-order valence-electron chi connectivity index (χ3n) is 13.9. The molecule has 5 heteroatoms. The molecule has 0 aromatic heterocycles. The van der Waals surface area contributed by atoms with E-state index in [0.717, 1.165) is 43.1 Å². The van der Waals surface area contributed by atoms with Gasteiger partial charge in [-0.05, 0) is 134 Å². The van der Waals surface area contributed by atoms with Crippen molar-refractivity contribution in [3.8, 4) is 0 Å². The first-order valence-electron chi connectivity index (χ1n) is 16.3. The molecule has 0 saturated heterocycles. The van der Waals surface area contributed by atoms with Crippen LogP contribution in [0.4, 0.5) is 0 Å². The highest BCUT2D eigenvalue weighted by molar-refractivity contribution is 5.92. The average Bonchev–Trinajstić information content (AvgIpc) is 3.37. The number of aliphatic hydroxyl groups is 1. The van der Waals surface area contributed by atoms with Gasteiger partial charge >= 0.3 is 0 Å². The van der Waals surface area contributed by atoms with E-state index >= 15 is 0 Å². The molecule has 0 aliphatic heterocycles. The molecule has 5 fully saturated rings. The minimum absolute atomic E-state index is 0.00238. The van der Waals surface area contributed by atoms with Crippen LogP contribution in [0.15, 0.2) is 24.3 Å². The molecule has 220 valence electrons. The highest BCUT2D eigenvalue weighted by Gasteiger charge is 2.67. The normalized spacial score (nSPS) is 43.5. The molecule has 0 spiro atoms. The van der Waals surface area contributed by atoms with Crippen LogP contribution < -0.4 is 11.1 Å². The number of fused-ring (bicyclic) bond motifs is 7. The number of amides is 2. The van der Waals surface area contributed by atoms with Crippen LogP contribution in [0.2, 0.25) is 0 Å². The second kappa shape index (κ2) is 9.85. The van der Waals surface area contributed by atoms with E-state index in [0.29, 0.717) is 47.1 Å². The molecule has 5 nitrogen and oxygen atoms in total. The molecule has 5 aliphatic carbocycles. The van der Waals surface area contributed by atoms with Gasteiger partial charge in [-0.15, -0.1) is 0 Å². The molecular weight excluding hydrogens is 496 g/mol. The Hall–Kier alpha value is -1.88. The summed E-state index contributed by atoms with van der Waals surface area (Å²) in [5.41, 5.74) is 7.48. The standard InChI is InChI=1S/C35H52N2O3/c1-32(2)27-13-17-33(3)25-12-19-35(31(40)37-20-15-22-7-5-8-23(21-22)30(36)39)16-6-9-26(35)24(25)10-11-28(33)34(27,4)18-14-29(32)38/h5,7-8,21,24-29,38H,6,9-20H2,1-4H3,(H2,36,39)(H,37,40). The first kappa shape index (κ1) is 28.2. The van der Waals surface area contributed by atoms with Gasteiger partial charge in [0.2, 0.25) is 11.8 Å². The zero-order chi connectivity index (χ0) is 28.5. The molecule has 2 amide bonds. The van der Waals surface area contributed by atoms with Crippen molar-refractivity contribution in [3.05, 3.63) is 35.4 Å². The largest absolute Gasteiger partial charge is 0.393 e. The van der Waals surface area contributed by atoms with E-state index < -0.39 is 5.91 Å². The molecule has 5 aliphatic rings. The van der Waals surface area contributed by atoms with E-state index in [1.54, 1.807) is 6.07 Å². The van der Waals surface area contributed by atoms with Crippen molar-refractivity contribution in [2.75, 3.05) is 6.54 Å². The summed E-state index contributed by atoms with van der Waals surface area (Å²) < 4.78 is 0. The van der Waals surface area contributed by atoms with Gasteiger partial charge in [-0.25, -0.2) is 0 Å². The number of carbonyl (C=O) groups excluding carboxylic acids is 2. The topological polar surface area (TPSA) is 92.4 Å². The first-order valence-corrected chi connectivity index (χ1v) is 16.3. The fourth-order valence-electron chi connectivity index (χ4n) is 12.0. The molecule has 4 N–H and O–H groups in total. The Morgan fingerprint density at radius 2 is 1.68 bits per heavy atom. The third-order valence-corrected chi connectivity index (χ3v) is 13.9. The van der Waals surface area contributed by atoms with Crippen LogP contribution in [0.5, 0.6) is 0 Å². The SMILES string of the molecule is CC1(C)C(O)CCC2(C)C1CCC1(C)C3CCC4(C(=O)NCCc5cccc(C(N)=O)c5)CCCC4C3CCC12. The lowest BCUT2D eigenvalue weighted by atomic mass is 9.36. The van der Waals surface area contributed by atoms with Gasteiger partial charge in [-0.1, -0.05) is 46.2 Å². The number of hydrogen-bond acceptors (Lipinski definition) is 3. The van der Waals surface area contributed by atoms with Gasteiger partial charge in [0.05, 0.1) is 11.5 Å². The maximum atomic E-state index is 13.9. The highest BCUT2D eigenvalue weighted by atomic mass is 16.3. The second-order valence-electron chi connectivity index (χ2n) is 15.6. The van der Waals surface area contributed by atoms with Crippen LogP contribution in [-0.2, 0) is 11.2 Å². The van der Waals surface area contributed by atoms with Crippen LogP contribution >= 0.6 is 0 Å². The van der Waals surface area contributed by atoms with Gasteiger partial charge in [0.25, 0.3) is 0 Å². The number of hydrogen-bond donors (Lipinski definition) is 3. The zero-order valence-corrected chi connectivity index (χ0v) is 25.3. The number of benzene rings is 1. The van der Waals surface area contributed by atoms with Gasteiger partial charge in [-0.3, -0.25) is 9.59 Å². The monoisotopic (exact) mass is 548 g/mol. The summed E-state index contributed by atoms with van der Waals surface area (Å²) in [4.78, 5) is 25.5. The van der Waals surface area contributed by atoms with Crippen LogP contribution in [0, 0.1) is 51.2 Å². The molecule has 0 radical (unpaired) electrons. The Kier molecular flexibility index (Phi) is 6.96. The Morgan fingerprint density at radius 3 is 2.45 bits per heavy atom. The van der Waals surface area contributed by atoms with E-state index in [9.17, 15) is 14.7 Å². The molecule has 40 heavy (non-hydrogen) atoms. The van der Waals surface area contributed by atoms with Crippen LogP contribution in [-0.4, -0.2) is 29.6 Å². The molecule has 0 heterocycles. The quantitative estimate of drug-likeness (QED) is 0.405. The third kappa shape index (κ3) is 4.11. The molecule has 1 aromatic carbocycles. The Morgan fingerprint density at radius 1 is 0.900 bits per heavy atom. The molecular formula is C35H52N2O3. The predicted molar refractivity (Wildman–Crippen MR) is 158 cm³/mol. The minimum atomic E-state index is -0.411. The zero-order valence-electron chi connectivity index (χ0n) is 25.3. The smallest absolute Gasteiger partial charge is 0.248 e. The van der Waals surface area contributed by atoms with Crippen LogP contribution in [0.3, 0.4) is 0 Å². The Labute approximate surface area is 241 Å². The number of rotatable bonds is 5. The maximum Gasteiger partial charge on any atom is 0.248 e. The van der Waals surface area contributed by atoms with E-state index in [1.807, 2.05) is 18.2 Å². The van der Waals surface area contributed by atoms with E-state index in [4.69, 9.17) is 5.73 Å². The van der Waals surface area contributed by atoms with Crippen molar-refractivity contribution < 1.29 is 14.7 Å². The summed E-state index contributed by atoms with van der Waals surface area (Å²) in [5.74, 6) is 3.10. The molecule has 9 unspecified atom stereocenters. The lowest BCUT2D eigenvalue weighted by molar-refractivity contribution is -0.214. The summed E-state index contributed by atoms with van der Waals surface area (Å²) >= 11 is 0. The molecule has 6 rings (SSSR count). The van der Waals surface area contributed by atoms with Crippen molar-refractivity contribution >= 4 is 11.8 Å². The van der Waals surface area contributed by atoms with Gasteiger partial charge < -0.3 is 16.2 Å². The summed E-state index contributed by atoms with van der Waals surface area (Å²) in [7, 11) is 0. The fourth-order valence-corrected chi connectivity index (χ4v) is 12.0. The highest BCUT2D eigenvalue weighted by Crippen LogP contribution is 2.72. The summed E-state index contributed by atoms with van der Waals surface area (Å²) in [6.45, 7) is 10.5. The number of nitrogens with one attached hydrogen (secondary N) is 1. The lowest BCUT2D eigenvalue weighted by Gasteiger charge is -2.69. The van der Waals surface area contributed by atoms with Crippen molar-refractivity contribution in [1.29, 1.82) is 0 Å². The molecule has 5 saturated carbocycles. The average molecular weight is 549 g/mol. The second-order valence-corrected chi connectivity index (χ2v) is 15.6. The van der Waals surface area contributed by atoms with Crippen molar-refractivity contribution in [1.82, 2.24) is 5.32 Å². The number of primary amides is 1. The van der Waals surface area contributed by atoms with Gasteiger partial charge in [0.1, 0.15) is 0 Å². The van der Waals surface area contributed by atoms with Crippen LogP contribution in [0.25, 0.3) is 0 Å². The van der Waals surface area contributed by atoms with E-state index in [1.165, 1.54) is 44.9 Å². The van der Waals surface area contributed by atoms with Gasteiger partial charge in [0, 0.05) is 12.1 Å². The van der Waals surface area contributed by atoms with E-state index in [2.05, 4.69) is 33.0 Å². The molecule has 1 aromatic rings. The van der Waals surface area contributed by atoms with Crippen molar-refractivity contribution in [3.63, 3.8) is 0 Å². The Bertz CT molecular complexity index is 1160. The number of aliphatic hydroxyl groups excluding tert-OH is 1. The van der Waals surface area contributed by atoms with Gasteiger partial charge in [0.15, 0.2) is 0 Å². The van der Waals surface area contributed by atoms with Crippen LogP contribution in [0.1, 0.15) is 114 Å².